The molecule has 1 N–H and O–H groups in total. The molecule has 0 aliphatic carbocycles. The molecule has 0 heterocycles. The maximum Gasteiger partial charge on any atom is 0.411 e. The second kappa shape index (κ2) is 9.19. The summed E-state index contributed by atoms with van der Waals surface area (Å²) in [7, 11) is 0. The van der Waals surface area contributed by atoms with Gasteiger partial charge in [-0.3, -0.25) is 5.32 Å². The van der Waals surface area contributed by atoms with Crippen molar-refractivity contribution in [3.05, 3.63) is 95.3 Å². The summed E-state index contributed by atoms with van der Waals surface area (Å²) in [5.41, 5.74) is 2.38. The summed E-state index contributed by atoms with van der Waals surface area (Å²) in [5, 5.41) is 11.4. The third-order valence-corrected chi connectivity index (χ3v) is 3.84. The highest BCUT2D eigenvalue weighted by Gasteiger charge is 2.09. The maximum atomic E-state index is 14.2. The van der Waals surface area contributed by atoms with Gasteiger partial charge in [0.25, 0.3) is 0 Å². The molecule has 0 aromatic heterocycles. The third-order valence-electron chi connectivity index (χ3n) is 3.84. The van der Waals surface area contributed by atoms with Crippen LogP contribution in [0, 0.1) is 17.1 Å². The fraction of sp³-hybridized carbons (Fsp3) is 0.0909. The first kappa shape index (κ1) is 18.9. The molecule has 28 heavy (non-hydrogen) atoms. The van der Waals surface area contributed by atoms with Gasteiger partial charge in [0.05, 0.1) is 11.6 Å². The number of nitriles is 1. The van der Waals surface area contributed by atoms with Crippen molar-refractivity contribution in [3.63, 3.8) is 0 Å². The molecule has 0 aliphatic heterocycles. The van der Waals surface area contributed by atoms with E-state index in [0.29, 0.717) is 5.56 Å². The number of nitrogens with one attached hydrogen (secondary N) is 1. The molecule has 0 unspecified atom stereocenters. The lowest BCUT2D eigenvalue weighted by Gasteiger charge is -2.10. The second-order valence-corrected chi connectivity index (χ2v) is 5.93. The summed E-state index contributed by atoms with van der Waals surface area (Å²) in [5.74, 6) is -0.567. The Balaban J connectivity index is 1.54. The van der Waals surface area contributed by atoms with E-state index in [-0.39, 0.29) is 24.7 Å². The van der Waals surface area contributed by atoms with Gasteiger partial charge in [-0.05, 0) is 35.4 Å². The summed E-state index contributed by atoms with van der Waals surface area (Å²) in [6, 6.07) is 22.3. The Morgan fingerprint density at radius 3 is 2.50 bits per heavy atom. The van der Waals surface area contributed by atoms with Crippen LogP contribution >= 0.6 is 0 Å². The molecule has 3 aromatic carbocycles. The number of amides is 1. The Hall–Kier alpha value is -3.85. The van der Waals surface area contributed by atoms with Gasteiger partial charge in [0.1, 0.15) is 13.2 Å². The molecule has 3 aromatic rings. The average molecular weight is 376 g/mol. The highest BCUT2D eigenvalue weighted by atomic mass is 19.1. The minimum absolute atomic E-state index is 0.0468. The molecule has 0 bridgehead atoms. The van der Waals surface area contributed by atoms with Crippen LogP contribution in [0.25, 0.3) is 0 Å². The highest BCUT2D eigenvalue weighted by molar-refractivity contribution is 5.84. The molecule has 0 fully saturated rings. The third kappa shape index (κ3) is 5.32. The largest absolute Gasteiger partial charge is 0.486 e. The van der Waals surface area contributed by atoms with Crippen LogP contribution in [0.4, 0.5) is 14.9 Å². The van der Waals surface area contributed by atoms with Crippen LogP contribution in [0.1, 0.15) is 16.7 Å². The van der Waals surface area contributed by atoms with Crippen LogP contribution in [0.5, 0.6) is 5.75 Å². The fourth-order valence-corrected chi connectivity index (χ4v) is 2.46. The van der Waals surface area contributed by atoms with Crippen molar-refractivity contribution in [2.75, 3.05) is 5.32 Å². The molecular formula is C22H17FN2O3. The molecule has 1 amide bonds. The first-order chi connectivity index (χ1) is 13.6. The Morgan fingerprint density at radius 1 is 0.964 bits per heavy atom. The predicted molar refractivity (Wildman–Crippen MR) is 102 cm³/mol. The maximum absolute atomic E-state index is 14.2. The summed E-state index contributed by atoms with van der Waals surface area (Å²) in [6.07, 6.45) is -0.676. The van der Waals surface area contributed by atoms with Crippen molar-refractivity contribution in [1.29, 1.82) is 5.26 Å². The van der Waals surface area contributed by atoms with E-state index in [2.05, 4.69) is 5.32 Å². The van der Waals surface area contributed by atoms with E-state index in [1.807, 2.05) is 36.4 Å². The van der Waals surface area contributed by atoms with Crippen LogP contribution < -0.4 is 10.1 Å². The standard InChI is InChI=1S/C22H17FN2O3/c23-20-12-19(25-22(26)28-14-16-5-2-1-3-6-16)9-10-21(20)27-15-18-8-4-7-17(11-18)13-24/h1-12H,14-15H2,(H,25,26). The molecule has 0 saturated heterocycles. The second-order valence-electron chi connectivity index (χ2n) is 5.93. The zero-order valence-corrected chi connectivity index (χ0v) is 14.9. The predicted octanol–water partition coefficient (Wildman–Crippen LogP) is 5.03. The van der Waals surface area contributed by atoms with Gasteiger partial charge < -0.3 is 9.47 Å². The average Bonchev–Trinajstić information content (AvgIpc) is 2.72. The van der Waals surface area contributed by atoms with Gasteiger partial charge in [-0.15, -0.1) is 0 Å². The lowest BCUT2D eigenvalue weighted by Crippen LogP contribution is -2.13. The number of hydrogen-bond acceptors (Lipinski definition) is 4. The van der Waals surface area contributed by atoms with Gasteiger partial charge in [0, 0.05) is 11.8 Å². The van der Waals surface area contributed by atoms with E-state index in [1.165, 1.54) is 12.1 Å². The Kier molecular flexibility index (Phi) is 6.21. The monoisotopic (exact) mass is 376 g/mol. The normalized spacial score (nSPS) is 10.0. The Labute approximate surface area is 162 Å². The number of hydrogen-bond donors (Lipinski definition) is 1. The Morgan fingerprint density at radius 2 is 1.75 bits per heavy atom. The van der Waals surface area contributed by atoms with Crippen molar-refractivity contribution >= 4 is 11.8 Å². The van der Waals surface area contributed by atoms with E-state index >= 15 is 0 Å². The minimum Gasteiger partial charge on any atom is -0.486 e. The molecule has 0 radical (unpaired) electrons. The molecule has 0 spiro atoms. The number of carbonyl (C=O) groups excluding carboxylic acids is 1. The van der Waals surface area contributed by atoms with E-state index in [9.17, 15) is 9.18 Å². The van der Waals surface area contributed by atoms with Crippen molar-refractivity contribution in [3.8, 4) is 11.8 Å². The number of ether oxygens (including phenoxy) is 2. The zero-order chi connectivity index (χ0) is 19.8. The molecule has 0 atom stereocenters. The quantitative estimate of drug-likeness (QED) is 0.655. The van der Waals surface area contributed by atoms with E-state index in [1.54, 1.807) is 24.3 Å². The lowest BCUT2D eigenvalue weighted by molar-refractivity contribution is 0.155. The summed E-state index contributed by atoms with van der Waals surface area (Å²) in [4.78, 5) is 11.8. The minimum atomic E-state index is -0.676. The van der Waals surface area contributed by atoms with Crippen molar-refractivity contribution in [1.82, 2.24) is 0 Å². The van der Waals surface area contributed by atoms with Gasteiger partial charge in [-0.2, -0.15) is 5.26 Å². The van der Waals surface area contributed by atoms with Crippen LogP contribution in [-0.4, -0.2) is 6.09 Å². The van der Waals surface area contributed by atoms with Crippen molar-refractivity contribution in [2.45, 2.75) is 13.2 Å². The molecule has 0 saturated carbocycles. The molecule has 5 nitrogen and oxygen atoms in total. The number of carbonyl (C=O) groups is 1. The SMILES string of the molecule is N#Cc1cccc(COc2ccc(NC(=O)OCc3ccccc3)cc2F)c1. The van der Waals surface area contributed by atoms with E-state index in [0.717, 1.165) is 17.2 Å². The lowest BCUT2D eigenvalue weighted by atomic mass is 10.1. The van der Waals surface area contributed by atoms with E-state index in [4.69, 9.17) is 14.7 Å². The molecular weight excluding hydrogens is 359 g/mol. The summed E-state index contributed by atoms with van der Waals surface area (Å²) >= 11 is 0. The van der Waals surface area contributed by atoms with Crippen LogP contribution in [0.15, 0.2) is 72.8 Å². The number of halogens is 1. The topological polar surface area (TPSA) is 71.3 Å². The smallest absolute Gasteiger partial charge is 0.411 e. The van der Waals surface area contributed by atoms with Crippen molar-refractivity contribution < 1.29 is 18.7 Å². The zero-order valence-electron chi connectivity index (χ0n) is 14.9. The number of benzene rings is 3. The summed E-state index contributed by atoms with van der Waals surface area (Å²) < 4.78 is 24.8. The van der Waals surface area contributed by atoms with Gasteiger partial charge in [0.15, 0.2) is 11.6 Å². The van der Waals surface area contributed by atoms with E-state index < -0.39 is 11.9 Å². The molecule has 140 valence electrons. The first-order valence-electron chi connectivity index (χ1n) is 8.53. The van der Waals surface area contributed by atoms with Gasteiger partial charge in [-0.25, -0.2) is 9.18 Å². The van der Waals surface area contributed by atoms with Crippen LogP contribution in [0.3, 0.4) is 0 Å². The van der Waals surface area contributed by atoms with Crippen molar-refractivity contribution in [2.24, 2.45) is 0 Å². The number of anilines is 1. The van der Waals surface area contributed by atoms with Gasteiger partial charge >= 0.3 is 6.09 Å². The Bertz CT molecular complexity index is 1000. The van der Waals surface area contributed by atoms with Crippen LogP contribution in [-0.2, 0) is 18.0 Å². The van der Waals surface area contributed by atoms with Crippen LogP contribution in [0.2, 0.25) is 0 Å². The number of nitrogens with zero attached hydrogens (tertiary/aromatic N) is 1. The molecule has 0 aliphatic rings. The number of rotatable bonds is 6. The molecule has 6 heteroatoms. The highest BCUT2D eigenvalue weighted by Crippen LogP contribution is 2.22. The first-order valence-corrected chi connectivity index (χ1v) is 8.53. The fourth-order valence-electron chi connectivity index (χ4n) is 2.46. The van der Waals surface area contributed by atoms with Gasteiger partial charge in [0.2, 0.25) is 0 Å². The van der Waals surface area contributed by atoms with Gasteiger partial charge in [-0.1, -0.05) is 42.5 Å². The summed E-state index contributed by atoms with van der Waals surface area (Å²) in [6.45, 7) is 0.246. The molecule has 3 rings (SSSR count).